The number of aromatic nitrogens is 2. The zero-order chi connectivity index (χ0) is 15.2. The summed E-state index contributed by atoms with van der Waals surface area (Å²) in [4.78, 5) is 9.01. The molecule has 112 valence electrons. The van der Waals surface area contributed by atoms with Gasteiger partial charge >= 0.3 is 0 Å². The predicted octanol–water partition coefficient (Wildman–Crippen LogP) is 4.93. The van der Waals surface area contributed by atoms with Gasteiger partial charge in [0.05, 0.1) is 4.47 Å². The topological polar surface area (TPSA) is 37.8 Å². The number of nitrogens with zero attached hydrogens (tertiary/aromatic N) is 2. The van der Waals surface area contributed by atoms with E-state index in [2.05, 4.69) is 76.3 Å². The first-order valence-corrected chi connectivity index (χ1v) is 8.25. The van der Waals surface area contributed by atoms with E-state index in [1.807, 2.05) is 6.20 Å². The minimum absolute atomic E-state index is 0.671. The molecule has 0 aliphatic carbocycles. The Bertz CT molecular complexity index is 579. The van der Waals surface area contributed by atoms with Crippen LogP contribution >= 0.6 is 15.9 Å². The molecule has 0 fully saturated rings. The summed E-state index contributed by atoms with van der Waals surface area (Å²) < 4.78 is 0.899. The molecule has 0 saturated heterocycles. The van der Waals surface area contributed by atoms with Gasteiger partial charge in [0.15, 0.2) is 5.82 Å². The van der Waals surface area contributed by atoms with Crippen molar-refractivity contribution < 1.29 is 0 Å². The molecular formula is C17H22BrN3. The van der Waals surface area contributed by atoms with E-state index in [0.29, 0.717) is 5.92 Å². The normalized spacial score (nSPS) is 10.9. The van der Waals surface area contributed by atoms with Crippen LogP contribution in [0.1, 0.15) is 32.8 Å². The molecule has 1 aromatic carbocycles. The summed E-state index contributed by atoms with van der Waals surface area (Å²) in [7, 11) is 0. The minimum atomic E-state index is 0.671. The lowest BCUT2D eigenvalue weighted by molar-refractivity contribution is 0.647. The Labute approximate surface area is 135 Å². The van der Waals surface area contributed by atoms with Gasteiger partial charge in [-0.3, -0.25) is 0 Å². The number of rotatable bonds is 6. The molecule has 4 heteroatoms. The van der Waals surface area contributed by atoms with E-state index in [0.717, 1.165) is 41.1 Å². The van der Waals surface area contributed by atoms with E-state index in [4.69, 9.17) is 0 Å². The van der Waals surface area contributed by atoms with Crippen molar-refractivity contribution in [1.29, 1.82) is 0 Å². The molecule has 2 aromatic rings. The average molecular weight is 348 g/mol. The van der Waals surface area contributed by atoms with Crippen LogP contribution in [-0.2, 0) is 6.42 Å². The molecular weight excluding hydrogens is 326 g/mol. The van der Waals surface area contributed by atoms with Gasteiger partial charge in [0.2, 0.25) is 0 Å². The van der Waals surface area contributed by atoms with Gasteiger partial charge in [0, 0.05) is 18.3 Å². The van der Waals surface area contributed by atoms with Crippen LogP contribution in [0.5, 0.6) is 0 Å². The van der Waals surface area contributed by atoms with E-state index in [1.54, 1.807) is 0 Å². The maximum atomic E-state index is 4.60. The molecule has 0 bridgehead atoms. The Hall–Kier alpha value is -1.42. The Morgan fingerprint density at radius 1 is 1.19 bits per heavy atom. The number of halogens is 1. The summed E-state index contributed by atoms with van der Waals surface area (Å²) in [6.45, 7) is 7.51. The lowest BCUT2D eigenvalue weighted by atomic mass is 10.0. The van der Waals surface area contributed by atoms with Crippen LogP contribution in [0.15, 0.2) is 34.9 Å². The van der Waals surface area contributed by atoms with Crippen molar-refractivity contribution in [2.45, 2.75) is 33.6 Å². The van der Waals surface area contributed by atoms with Crippen molar-refractivity contribution in [2.24, 2.45) is 5.92 Å². The van der Waals surface area contributed by atoms with Crippen molar-refractivity contribution >= 4 is 21.7 Å². The van der Waals surface area contributed by atoms with E-state index < -0.39 is 0 Å². The van der Waals surface area contributed by atoms with Crippen molar-refractivity contribution in [2.75, 3.05) is 11.9 Å². The second-order valence-electron chi connectivity index (χ2n) is 5.61. The number of anilines is 1. The first-order chi connectivity index (χ1) is 10.1. The van der Waals surface area contributed by atoms with Crippen LogP contribution in [0, 0.1) is 5.92 Å². The van der Waals surface area contributed by atoms with Gasteiger partial charge in [0.1, 0.15) is 5.82 Å². The van der Waals surface area contributed by atoms with Gasteiger partial charge in [-0.05, 0) is 40.3 Å². The lowest BCUT2D eigenvalue weighted by Gasteiger charge is -2.09. The number of benzene rings is 1. The summed E-state index contributed by atoms with van der Waals surface area (Å²) in [6, 6.07) is 8.54. The Kier molecular flexibility index (Phi) is 5.74. The Morgan fingerprint density at radius 3 is 2.52 bits per heavy atom. The summed E-state index contributed by atoms with van der Waals surface area (Å²) >= 11 is 3.48. The summed E-state index contributed by atoms with van der Waals surface area (Å²) in [5.41, 5.74) is 2.41. The Morgan fingerprint density at radius 2 is 1.90 bits per heavy atom. The lowest BCUT2D eigenvalue weighted by Crippen LogP contribution is -2.04. The fraction of sp³-hybridized carbons (Fsp3) is 0.412. The van der Waals surface area contributed by atoms with E-state index in [-0.39, 0.29) is 0 Å². The fourth-order valence-electron chi connectivity index (χ4n) is 2.13. The van der Waals surface area contributed by atoms with Crippen LogP contribution in [0.3, 0.4) is 0 Å². The highest BCUT2D eigenvalue weighted by molar-refractivity contribution is 9.10. The molecule has 0 aliphatic rings. The second-order valence-corrected chi connectivity index (χ2v) is 6.47. The first kappa shape index (κ1) is 16.0. The molecule has 0 unspecified atom stereocenters. The average Bonchev–Trinajstić information content (AvgIpc) is 2.47. The van der Waals surface area contributed by atoms with Crippen LogP contribution in [-0.4, -0.2) is 16.5 Å². The third-order valence-electron chi connectivity index (χ3n) is 3.14. The molecule has 0 aliphatic heterocycles. The molecule has 21 heavy (non-hydrogen) atoms. The van der Waals surface area contributed by atoms with Crippen LogP contribution < -0.4 is 5.32 Å². The van der Waals surface area contributed by atoms with Crippen molar-refractivity contribution in [3.05, 3.63) is 40.5 Å². The third kappa shape index (κ3) is 4.53. The number of nitrogens with one attached hydrogen (secondary N) is 1. The molecule has 0 amide bonds. The standard InChI is InChI=1S/C17H22BrN3/c1-4-9-19-17-15(18)11-20-16(21-17)14-7-5-13(6-8-14)10-12(2)3/h5-8,11-12H,4,9-10H2,1-3H3,(H,19,20,21). The van der Waals surface area contributed by atoms with Crippen LogP contribution in [0.25, 0.3) is 11.4 Å². The fourth-order valence-corrected chi connectivity index (χ4v) is 2.47. The molecule has 0 atom stereocenters. The van der Waals surface area contributed by atoms with Crippen LogP contribution in [0.4, 0.5) is 5.82 Å². The summed E-state index contributed by atoms with van der Waals surface area (Å²) in [5.74, 6) is 2.28. The van der Waals surface area contributed by atoms with Gasteiger partial charge in [-0.2, -0.15) is 0 Å². The minimum Gasteiger partial charge on any atom is -0.369 e. The Balaban J connectivity index is 2.21. The third-order valence-corrected chi connectivity index (χ3v) is 3.72. The quantitative estimate of drug-likeness (QED) is 0.805. The van der Waals surface area contributed by atoms with Crippen molar-refractivity contribution in [1.82, 2.24) is 9.97 Å². The summed E-state index contributed by atoms with van der Waals surface area (Å²) in [5, 5.41) is 3.31. The van der Waals surface area contributed by atoms with Crippen molar-refractivity contribution in [3.8, 4) is 11.4 Å². The predicted molar refractivity (Wildman–Crippen MR) is 92.5 cm³/mol. The monoisotopic (exact) mass is 347 g/mol. The van der Waals surface area contributed by atoms with Gasteiger partial charge in [-0.1, -0.05) is 45.0 Å². The molecule has 2 rings (SSSR count). The zero-order valence-corrected chi connectivity index (χ0v) is 14.4. The van der Waals surface area contributed by atoms with Gasteiger partial charge in [-0.25, -0.2) is 9.97 Å². The van der Waals surface area contributed by atoms with E-state index in [1.165, 1.54) is 5.56 Å². The molecule has 0 radical (unpaired) electrons. The van der Waals surface area contributed by atoms with E-state index >= 15 is 0 Å². The molecule has 1 aromatic heterocycles. The smallest absolute Gasteiger partial charge is 0.161 e. The summed E-state index contributed by atoms with van der Waals surface area (Å²) in [6.07, 6.45) is 3.98. The zero-order valence-electron chi connectivity index (χ0n) is 12.9. The molecule has 0 saturated carbocycles. The largest absolute Gasteiger partial charge is 0.369 e. The van der Waals surface area contributed by atoms with E-state index in [9.17, 15) is 0 Å². The van der Waals surface area contributed by atoms with Crippen LogP contribution in [0.2, 0.25) is 0 Å². The van der Waals surface area contributed by atoms with Gasteiger partial charge in [-0.15, -0.1) is 0 Å². The number of hydrogen-bond donors (Lipinski definition) is 1. The SMILES string of the molecule is CCCNc1nc(-c2ccc(CC(C)C)cc2)ncc1Br. The highest BCUT2D eigenvalue weighted by Crippen LogP contribution is 2.23. The molecule has 3 nitrogen and oxygen atoms in total. The maximum Gasteiger partial charge on any atom is 0.161 e. The van der Waals surface area contributed by atoms with Gasteiger partial charge < -0.3 is 5.32 Å². The highest BCUT2D eigenvalue weighted by Gasteiger charge is 2.07. The van der Waals surface area contributed by atoms with Gasteiger partial charge in [0.25, 0.3) is 0 Å². The second kappa shape index (κ2) is 7.55. The first-order valence-electron chi connectivity index (χ1n) is 7.46. The molecule has 1 heterocycles. The number of hydrogen-bond acceptors (Lipinski definition) is 3. The van der Waals surface area contributed by atoms with Crippen molar-refractivity contribution in [3.63, 3.8) is 0 Å². The highest BCUT2D eigenvalue weighted by atomic mass is 79.9. The molecule has 0 spiro atoms. The maximum absolute atomic E-state index is 4.60. The molecule has 1 N–H and O–H groups in total.